The molecule has 0 heterocycles. The molecule has 0 bridgehead atoms. The van der Waals surface area contributed by atoms with Crippen molar-refractivity contribution in [3.63, 3.8) is 0 Å². The number of hydrogen-bond donors (Lipinski definition) is 3. The quantitative estimate of drug-likeness (QED) is 0.250. The van der Waals surface area contributed by atoms with Gasteiger partial charge in [0, 0.05) is 31.7 Å². The van der Waals surface area contributed by atoms with Crippen LogP contribution in [0.3, 0.4) is 0 Å². The minimum Gasteiger partial charge on any atom is -0.355 e. The molecule has 126 valence electrons. The molecule has 9 heteroatoms. The molecule has 6 nitrogen and oxygen atoms in total. The van der Waals surface area contributed by atoms with Crippen molar-refractivity contribution >= 4 is 51.6 Å². The summed E-state index contributed by atoms with van der Waals surface area (Å²) in [6.45, 7) is 2.95. The normalized spacial score (nSPS) is 11.7. The van der Waals surface area contributed by atoms with Crippen molar-refractivity contribution in [1.29, 1.82) is 0 Å². The van der Waals surface area contributed by atoms with E-state index in [9.17, 15) is 8.42 Å². The van der Waals surface area contributed by atoms with Crippen LogP contribution in [0, 0.1) is 0 Å². The van der Waals surface area contributed by atoms with E-state index in [1.807, 2.05) is 24.3 Å². The van der Waals surface area contributed by atoms with E-state index in [4.69, 9.17) is 11.6 Å². The topological polar surface area (TPSA) is 82.6 Å². The van der Waals surface area contributed by atoms with Gasteiger partial charge in [-0.2, -0.15) is 0 Å². The predicted molar refractivity (Wildman–Crippen MR) is 103 cm³/mol. The first kappa shape index (κ1) is 21.4. The van der Waals surface area contributed by atoms with E-state index in [2.05, 4.69) is 20.3 Å². The summed E-state index contributed by atoms with van der Waals surface area (Å²) in [6.07, 6.45) is 0. The van der Waals surface area contributed by atoms with Gasteiger partial charge in [0.1, 0.15) is 0 Å². The number of sulfonamides is 1. The molecule has 0 aliphatic rings. The second-order valence-electron chi connectivity index (χ2n) is 4.28. The van der Waals surface area contributed by atoms with Gasteiger partial charge in [-0.1, -0.05) is 23.7 Å². The van der Waals surface area contributed by atoms with Gasteiger partial charge in [-0.15, -0.1) is 24.0 Å². The molecule has 0 aromatic heterocycles. The fourth-order valence-electron chi connectivity index (χ4n) is 1.54. The lowest BCUT2D eigenvalue weighted by atomic mass is 10.2. The van der Waals surface area contributed by atoms with Crippen LogP contribution in [0.2, 0.25) is 5.02 Å². The summed E-state index contributed by atoms with van der Waals surface area (Å²) < 4.78 is 25.0. The summed E-state index contributed by atoms with van der Waals surface area (Å²) in [5, 5.41) is 6.84. The van der Waals surface area contributed by atoms with E-state index in [0.717, 1.165) is 5.56 Å². The lowest BCUT2D eigenvalue weighted by Crippen LogP contribution is -2.41. The van der Waals surface area contributed by atoms with Gasteiger partial charge in [0.15, 0.2) is 5.96 Å². The van der Waals surface area contributed by atoms with Crippen LogP contribution in [-0.2, 0) is 16.6 Å². The molecule has 0 aliphatic carbocycles. The van der Waals surface area contributed by atoms with Crippen molar-refractivity contribution in [2.45, 2.75) is 13.5 Å². The Morgan fingerprint density at radius 3 is 2.59 bits per heavy atom. The molecule has 0 amide bonds. The Balaban J connectivity index is 0.00000441. The van der Waals surface area contributed by atoms with Crippen LogP contribution < -0.4 is 15.4 Å². The van der Waals surface area contributed by atoms with Crippen molar-refractivity contribution < 1.29 is 8.42 Å². The van der Waals surface area contributed by atoms with Crippen LogP contribution in [0.15, 0.2) is 29.3 Å². The van der Waals surface area contributed by atoms with Crippen LogP contribution in [0.5, 0.6) is 0 Å². The smallest absolute Gasteiger partial charge is 0.211 e. The Bertz CT molecular complexity index is 581. The SMILES string of the molecule is CCS(=O)(=O)NCCNC(=NC)NCc1cccc(Cl)c1.I. The van der Waals surface area contributed by atoms with Gasteiger partial charge in [-0.05, 0) is 24.6 Å². The van der Waals surface area contributed by atoms with Crippen molar-refractivity contribution in [3.05, 3.63) is 34.9 Å². The zero-order valence-electron chi connectivity index (χ0n) is 12.6. The summed E-state index contributed by atoms with van der Waals surface area (Å²) in [4.78, 5) is 4.06. The molecule has 1 aromatic rings. The third kappa shape index (κ3) is 8.76. The highest BCUT2D eigenvalue weighted by atomic mass is 127. The molecule has 1 rings (SSSR count). The lowest BCUT2D eigenvalue weighted by Gasteiger charge is -2.12. The lowest BCUT2D eigenvalue weighted by molar-refractivity contribution is 0.582. The first-order valence-electron chi connectivity index (χ1n) is 6.63. The van der Waals surface area contributed by atoms with Gasteiger partial charge in [0.25, 0.3) is 0 Å². The standard InChI is InChI=1S/C13H21ClN4O2S.HI/c1-3-21(19,20)18-8-7-16-13(15-2)17-10-11-5-4-6-12(14)9-11;/h4-6,9,18H,3,7-8,10H2,1-2H3,(H2,15,16,17);1H. The van der Waals surface area contributed by atoms with Crippen molar-refractivity contribution in [3.8, 4) is 0 Å². The van der Waals surface area contributed by atoms with Crippen molar-refractivity contribution in [2.75, 3.05) is 25.9 Å². The summed E-state index contributed by atoms with van der Waals surface area (Å²) in [7, 11) is -1.49. The Morgan fingerprint density at radius 2 is 2.00 bits per heavy atom. The van der Waals surface area contributed by atoms with E-state index in [0.29, 0.717) is 30.6 Å². The largest absolute Gasteiger partial charge is 0.355 e. The van der Waals surface area contributed by atoms with Gasteiger partial charge in [0.05, 0.1) is 5.75 Å². The molecule has 0 fully saturated rings. The zero-order chi connectivity index (χ0) is 15.7. The van der Waals surface area contributed by atoms with Crippen LogP contribution in [0.25, 0.3) is 0 Å². The second kappa shape index (κ2) is 11.0. The molecule has 1 aromatic carbocycles. The molecule has 3 N–H and O–H groups in total. The number of nitrogens with one attached hydrogen (secondary N) is 3. The molecule has 22 heavy (non-hydrogen) atoms. The van der Waals surface area contributed by atoms with Gasteiger partial charge >= 0.3 is 0 Å². The van der Waals surface area contributed by atoms with E-state index >= 15 is 0 Å². The number of halogens is 2. The van der Waals surface area contributed by atoms with Gasteiger partial charge in [0.2, 0.25) is 10.0 Å². The maximum absolute atomic E-state index is 11.3. The summed E-state index contributed by atoms with van der Waals surface area (Å²) >= 11 is 5.91. The zero-order valence-corrected chi connectivity index (χ0v) is 16.5. The van der Waals surface area contributed by atoms with Crippen LogP contribution in [0.1, 0.15) is 12.5 Å². The van der Waals surface area contributed by atoms with E-state index in [1.165, 1.54) is 0 Å². The predicted octanol–water partition coefficient (Wildman–Crippen LogP) is 1.56. The second-order valence-corrected chi connectivity index (χ2v) is 6.81. The highest BCUT2D eigenvalue weighted by Gasteiger charge is 2.05. The summed E-state index contributed by atoms with van der Waals surface area (Å²) in [6, 6.07) is 7.53. The highest BCUT2D eigenvalue weighted by molar-refractivity contribution is 14.0. The number of nitrogens with zero attached hydrogens (tertiary/aromatic N) is 1. The third-order valence-electron chi connectivity index (χ3n) is 2.69. The van der Waals surface area contributed by atoms with E-state index in [1.54, 1.807) is 14.0 Å². The van der Waals surface area contributed by atoms with Gasteiger partial charge < -0.3 is 10.6 Å². The van der Waals surface area contributed by atoms with Gasteiger partial charge in [-0.3, -0.25) is 4.99 Å². The van der Waals surface area contributed by atoms with E-state index < -0.39 is 10.0 Å². The molecular formula is C13H22ClIN4O2S. The first-order valence-corrected chi connectivity index (χ1v) is 8.66. The molecule has 0 atom stereocenters. The van der Waals surface area contributed by atoms with Crippen molar-refractivity contribution in [1.82, 2.24) is 15.4 Å². The number of guanidine groups is 1. The third-order valence-corrected chi connectivity index (χ3v) is 4.33. The fourth-order valence-corrected chi connectivity index (χ4v) is 2.37. The van der Waals surface area contributed by atoms with Crippen LogP contribution in [-0.4, -0.2) is 40.3 Å². The Kier molecular flexibility index (Phi) is 10.7. The van der Waals surface area contributed by atoms with Gasteiger partial charge in [-0.25, -0.2) is 13.1 Å². The minimum absolute atomic E-state index is 0. The highest BCUT2D eigenvalue weighted by Crippen LogP contribution is 2.09. The number of benzene rings is 1. The average molecular weight is 461 g/mol. The molecule has 0 spiro atoms. The Labute approximate surface area is 154 Å². The maximum Gasteiger partial charge on any atom is 0.211 e. The molecule has 0 unspecified atom stereocenters. The number of rotatable bonds is 7. The van der Waals surface area contributed by atoms with Crippen LogP contribution in [0.4, 0.5) is 0 Å². The molecule has 0 radical (unpaired) electrons. The molecule has 0 aliphatic heterocycles. The maximum atomic E-state index is 11.3. The first-order chi connectivity index (χ1) is 9.96. The van der Waals surface area contributed by atoms with Crippen molar-refractivity contribution in [2.24, 2.45) is 4.99 Å². The molecular weight excluding hydrogens is 439 g/mol. The number of hydrogen-bond acceptors (Lipinski definition) is 3. The average Bonchev–Trinajstić information content (AvgIpc) is 2.46. The summed E-state index contributed by atoms with van der Waals surface area (Å²) in [5.41, 5.74) is 1.04. The van der Waals surface area contributed by atoms with E-state index in [-0.39, 0.29) is 29.7 Å². The molecule has 0 saturated carbocycles. The monoisotopic (exact) mass is 460 g/mol. The Hall–Kier alpha value is -0.580. The molecule has 0 saturated heterocycles. The van der Waals surface area contributed by atoms with Crippen LogP contribution >= 0.6 is 35.6 Å². The number of aliphatic imine (C=N–C) groups is 1. The summed E-state index contributed by atoms with van der Waals surface area (Å²) in [5.74, 6) is 0.681. The fraction of sp³-hybridized carbons (Fsp3) is 0.462. The Morgan fingerprint density at radius 1 is 1.27 bits per heavy atom. The minimum atomic E-state index is -3.15.